The number of ether oxygens (including phenoxy) is 4. The van der Waals surface area contributed by atoms with E-state index in [2.05, 4.69) is 24.5 Å². The van der Waals surface area contributed by atoms with Crippen molar-refractivity contribution < 1.29 is 51.9 Å². The third-order valence-electron chi connectivity index (χ3n) is 10.9. The summed E-state index contributed by atoms with van der Waals surface area (Å²) in [6.07, 6.45) is 2.71. The van der Waals surface area contributed by atoms with Crippen LogP contribution in [-0.2, 0) is 53.7 Å². The normalized spacial score (nSPS) is 31.9. The van der Waals surface area contributed by atoms with Gasteiger partial charge in [0.1, 0.15) is 12.6 Å². The molecule has 10 atom stereocenters. The van der Waals surface area contributed by atoms with Crippen LogP contribution in [0.25, 0.3) is 0 Å². The molecule has 1 unspecified atom stereocenters. The molecule has 0 aromatic heterocycles. The Morgan fingerprint density at radius 2 is 1.64 bits per heavy atom. The first kappa shape index (κ1) is 39.6. The molecule has 4 saturated heterocycles. The summed E-state index contributed by atoms with van der Waals surface area (Å²) in [6, 6.07) is 16.4. The molecule has 1 spiro atoms. The minimum Gasteiger partial charge on any atom is -0.445 e. The van der Waals surface area contributed by atoms with Crippen LogP contribution in [0.5, 0.6) is 0 Å². The highest BCUT2D eigenvalue weighted by Gasteiger charge is 2.69. The summed E-state index contributed by atoms with van der Waals surface area (Å²) in [5.41, 5.74) is 0.717. The highest BCUT2D eigenvalue weighted by atomic mass is 31.2. The fourth-order valence-corrected chi connectivity index (χ4v) is 9.52. The number of benzene rings is 2. The Kier molecular flexibility index (Phi) is 12.8. The van der Waals surface area contributed by atoms with Crippen LogP contribution in [0.3, 0.4) is 0 Å². The van der Waals surface area contributed by atoms with Gasteiger partial charge >= 0.3 is 13.7 Å². The lowest BCUT2D eigenvalue weighted by Gasteiger charge is -2.60. The zero-order valence-corrected chi connectivity index (χ0v) is 32.0. The molecule has 5 aliphatic rings. The van der Waals surface area contributed by atoms with Crippen LogP contribution < -0.4 is 10.6 Å². The van der Waals surface area contributed by atoms with Gasteiger partial charge in [0, 0.05) is 24.1 Å². The van der Waals surface area contributed by atoms with E-state index in [-0.39, 0.29) is 44.2 Å². The van der Waals surface area contributed by atoms with Gasteiger partial charge in [-0.15, -0.1) is 0 Å². The Bertz CT molecular complexity index is 1600. The molecule has 5 fully saturated rings. The summed E-state index contributed by atoms with van der Waals surface area (Å²) in [7, 11) is -3.59. The summed E-state index contributed by atoms with van der Waals surface area (Å²) in [4.78, 5) is 39.6. The molecule has 0 radical (unpaired) electrons. The van der Waals surface area contributed by atoms with Gasteiger partial charge in [-0.3, -0.25) is 9.36 Å². The van der Waals surface area contributed by atoms with Crippen molar-refractivity contribution >= 4 is 19.6 Å². The second-order valence-corrected chi connectivity index (χ2v) is 16.4. The molecular formula is C39H53N2O11P. The van der Waals surface area contributed by atoms with Crippen LogP contribution in [0, 0.1) is 23.7 Å². The Hall–Kier alpha value is -3.13. The highest BCUT2D eigenvalue weighted by molar-refractivity contribution is 7.57. The van der Waals surface area contributed by atoms with Gasteiger partial charge in [0.25, 0.3) is 0 Å². The van der Waals surface area contributed by atoms with E-state index in [0.717, 1.165) is 24.8 Å². The molecule has 53 heavy (non-hydrogen) atoms. The number of rotatable bonds is 15. The zero-order chi connectivity index (χ0) is 37.6. The van der Waals surface area contributed by atoms with Crippen LogP contribution in [-0.4, -0.2) is 61.8 Å². The van der Waals surface area contributed by atoms with E-state index >= 15 is 0 Å². The molecular weight excluding hydrogens is 703 g/mol. The topological polar surface area (TPSA) is 149 Å². The molecule has 2 aromatic rings. The maximum Gasteiger partial charge on any atom is 0.408 e. The lowest BCUT2D eigenvalue weighted by molar-refractivity contribution is -0.577. The van der Waals surface area contributed by atoms with Crippen molar-refractivity contribution in [2.24, 2.45) is 23.7 Å². The average molecular weight is 757 g/mol. The van der Waals surface area contributed by atoms with E-state index in [9.17, 15) is 14.2 Å². The fourth-order valence-electron chi connectivity index (χ4n) is 8.18. The number of hydrogen-bond acceptors (Lipinski definition) is 11. The van der Waals surface area contributed by atoms with Gasteiger partial charge in [-0.2, -0.15) is 0 Å². The zero-order valence-electron chi connectivity index (χ0n) is 31.1. The van der Waals surface area contributed by atoms with Crippen molar-refractivity contribution in [3.05, 3.63) is 83.7 Å². The summed E-state index contributed by atoms with van der Waals surface area (Å²) < 4.78 is 49.2. The fraction of sp³-hybridized carbons (Fsp3) is 0.590. The summed E-state index contributed by atoms with van der Waals surface area (Å²) >= 11 is 0. The molecule has 1 aliphatic carbocycles. The summed E-state index contributed by atoms with van der Waals surface area (Å²) in [5, 5.41) is 5.68. The predicted molar refractivity (Wildman–Crippen MR) is 194 cm³/mol. The second-order valence-electron chi connectivity index (χ2n) is 14.5. The third kappa shape index (κ3) is 8.89. The molecule has 2 amide bonds. The van der Waals surface area contributed by atoms with Gasteiger partial charge in [0.15, 0.2) is 18.2 Å². The maximum atomic E-state index is 14.2. The van der Waals surface area contributed by atoms with E-state index in [0.29, 0.717) is 17.9 Å². The van der Waals surface area contributed by atoms with Crippen molar-refractivity contribution in [3.63, 3.8) is 0 Å². The second kappa shape index (κ2) is 17.1. The van der Waals surface area contributed by atoms with Gasteiger partial charge in [0.05, 0.1) is 25.9 Å². The highest BCUT2D eigenvalue weighted by Crippen LogP contribution is 2.60. The van der Waals surface area contributed by atoms with Crippen LogP contribution in [0.4, 0.5) is 4.79 Å². The number of alkyl carbamates (subject to hydrolysis) is 1. The summed E-state index contributed by atoms with van der Waals surface area (Å²) in [6.45, 7) is 9.71. The third-order valence-corrected chi connectivity index (χ3v) is 12.7. The van der Waals surface area contributed by atoms with E-state index in [4.69, 9.17) is 37.8 Å². The molecule has 14 heteroatoms. The molecule has 13 nitrogen and oxygen atoms in total. The number of carbonyl (C=O) groups is 2. The Morgan fingerprint density at radius 1 is 0.943 bits per heavy atom. The first-order valence-electron chi connectivity index (χ1n) is 18.7. The van der Waals surface area contributed by atoms with Crippen molar-refractivity contribution in [1.29, 1.82) is 0 Å². The van der Waals surface area contributed by atoms with Gasteiger partial charge in [-0.1, -0.05) is 74.5 Å². The van der Waals surface area contributed by atoms with Crippen molar-refractivity contribution in [3.8, 4) is 0 Å². The largest absolute Gasteiger partial charge is 0.445 e. The van der Waals surface area contributed by atoms with E-state index in [1.807, 2.05) is 67.6 Å². The number of nitrogens with one attached hydrogen (secondary N) is 2. The minimum atomic E-state index is -3.59. The van der Waals surface area contributed by atoms with Crippen molar-refractivity contribution in [1.82, 2.24) is 10.6 Å². The average Bonchev–Trinajstić information content (AvgIpc) is 3.39. The Labute approximate surface area is 311 Å². The van der Waals surface area contributed by atoms with Gasteiger partial charge in [-0.05, 0) is 69.1 Å². The van der Waals surface area contributed by atoms with Crippen LogP contribution in [0.1, 0.15) is 77.5 Å². The molecule has 7 rings (SSSR count). The molecule has 2 N–H and O–H groups in total. The van der Waals surface area contributed by atoms with Gasteiger partial charge in [-0.25, -0.2) is 14.6 Å². The Balaban J connectivity index is 1.22. The Morgan fingerprint density at radius 3 is 2.34 bits per heavy atom. The van der Waals surface area contributed by atoms with Crippen molar-refractivity contribution in [2.45, 2.75) is 103 Å². The molecule has 2 aromatic carbocycles. The van der Waals surface area contributed by atoms with E-state index in [1.165, 1.54) is 5.82 Å². The van der Waals surface area contributed by atoms with Crippen molar-refractivity contribution in [2.75, 3.05) is 19.8 Å². The van der Waals surface area contributed by atoms with E-state index in [1.54, 1.807) is 19.9 Å². The minimum absolute atomic E-state index is 0.00476. The first-order valence-corrected chi connectivity index (χ1v) is 20.3. The lowest BCUT2D eigenvalue weighted by Crippen LogP contribution is -2.70. The molecule has 4 heterocycles. The molecule has 4 aliphatic heterocycles. The van der Waals surface area contributed by atoms with Gasteiger partial charge in [0.2, 0.25) is 11.7 Å². The summed E-state index contributed by atoms with van der Waals surface area (Å²) in [5.74, 6) is 0.260. The number of carbonyl (C=O) groups excluding carboxylic acids is 2. The van der Waals surface area contributed by atoms with Gasteiger partial charge < -0.3 is 38.6 Å². The number of fused-ring (bicyclic) bond motifs is 2. The maximum absolute atomic E-state index is 14.2. The molecule has 290 valence electrons. The standard InChI is InChI=1S/C39H53N2O11P/c1-6-47-53(44,48-7-2)23-21-32(29-16-12-9-13-17-29)40-34(42)33(41-37(43)46-24-28-14-10-8-11-15-28)25-45-35-27(4)31-19-18-26(3)30-20-22-38(5)50-36(49-35)39(30,31)52-51-38/h8-17,21,23,26-27,30-33,35-36H,6-7,18-20,22,24-25H2,1-5H3,(H,40,42)(H,41,43)/b23-21+/t26-,27-,30+,31+,32?,33+,35+,36-,38+,39-/m1/s1. The SMILES string of the molecule is CCOP(=O)(/C=C/C(NC(=O)[C@H](CO[C@H]1O[C@@H]2O[C@]3(C)CC[C@H]4[C@H](C)CC[C@@H]([C@H]1C)[C@@]24OO3)NC(=O)OCc1ccccc1)c1ccccc1)OCC. The predicted octanol–water partition coefficient (Wildman–Crippen LogP) is 7.14. The lowest BCUT2D eigenvalue weighted by atomic mass is 9.58. The van der Waals surface area contributed by atoms with Crippen LogP contribution >= 0.6 is 7.60 Å². The quantitative estimate of drug-likeness (QED) is 0.141. The number of amides is 2. The first-order chi connectivity index (χ1) is 25.5. The van der Waals surface area contributed by atoms with E-state index < -0.39 is 55.6 Å². The van der Waals surface area contributed by atoms with Crippen LogP contribution in [0.15, 0.2) is 72.6 Å². The smallest absolute Gasteiger partial charge is 0.408 e. The van der Waals surface area contributed by atoms with Crippen LogP contribution in [0.2, 0.25) is 0 Å². The molecule has 2 bridgehead atoms. The number of hydrogen-bond donors (Lipinski definition) is 2. The molecule has 1 saturated carbocycles. The monoisotopic (exact) mass is 756 g/mol.